The summed E-state index contributed by atoms with van der Waals surface area (Å²) < 4.78 is 5.73. The first-order valence-corrected chi connectivity index (χ1v) is 7.55. The lowest BCUT2D eigenvalue weighted by Crippen LogP contribution is -2.30. The summed E-state index contributed by atoms with van der Waals surface area (Å²) in [5, 5.41) is 3.56. The molecule has 0 spiro atoms. The van der Waals surface area contributed by atoms with Crippen LogP contribution in [0.5, 0.6) is 5.75 Å². The maximum atomic E-state index is 12.3. The van der Waals surface area contributed by atoms with Gasteiger partial charge in [-0.25, -0.2) is 0 Å². The molecule has 0 saturated carbocycles. The first-order chi connectivity index (χ1) is 10.4. The lowest BCUT2D eigenvalue weighted by Gasteiger charge is -2.17. The third-order valence-electron chi connectivity index (χ3n) is 3.46. The van der Waals surface area contributed by atoms with Crippen molar-refractivity contribution in [2.75, 3.05) is 5.32 Å². The van der Waals surface area contributed by atoms with Crippen molar-refractivity contribution in [1.29, 1.82) is 0 Å². The molecule has 0 saturated heterocycles. The maximum absolute atomic E-state index is 12.3. The van der Waals surface area contributed by atoms with Crippen LogP contribution < -0.4 is 10.1 Å². The van der Waals surface area contributed by atoms with Gasteiger partial charge in [-0.15, -0.1) is 0 Å². The Balaban J connectivity index is 2.07. The summed E-state index contributed by atoms with van der Waals surface area (Å²) in [6.45, 7) is 7.58. The number of ether oxygens (including phenoxy) is 1. The highest BCUT2D eigenvalue weighted by atomic mass is 35.5. The van der Waals surface area contributed by atoms with Gasteiger partial charge in [0, 0.05) is 10.7 Å². The molecule has 0 heterocycles. The number of carbonyl (C=O) groups excluding carboxylic acids is 1. The third-order valence-corrected chi connectivity index (χ3v) is 3.70. The molecule has 0 aliphatic heterocycles. The molecule has 0 aliphatic rings. The number of rotatable bonds is 4. The molecule has 2 aromatic rings. The van der Waals surface area contributed by atoms with Crippen molar-refractivity contribution in [3.63, 3.8) is 0 Å². The van der Waals surface area contributed by atoms with Crippen LogP contribution in [0.3, 0.4) is 0 Å². The van der Waals surface area contributed by atoms with E-state index in [1.54, 1.807) is 19.1 Å². The second kappa shape index (κ2) is 6.84. The minimum Gasteiger partial charge on any atom is -0.481 e. The zero-order valence-corrected chi connectivity index (χ0v) is 14.0. The average molecular weight is 318 g/mol. The van der Waals surface area contributed by atoms with Crippen molar-refractivity contribution >= 4 is 23.2 Å². The smallest absolute Gasteiger partial charge is 0.265 e. The van der Waals surface area contributed by atoms with Crippen LogP contribution >= 0.6 is 11.6 Å². The fraction of sp³-hybridized carbons (Fsp3) is 0.278. The number of amides is 1. The Labute approximate surface area is 136 Å². The first-order valence-electron chi connectivity index (χ1n) is 7.18. The highest BCUT2D eigenvalue weighted by Gasteiger charge is 2.16. The van der Waals surface area contributed by atoms with Crippen LogP contribution in [0.1, 0.15) is 23.6 Å². The third kappa shape index (κ3) is 4.01. The molecule has 22 heavy (non-hydrogen) atoms. The van der Waals surface area contributed by atoms with Gasteiger partial charge in [0.2, 0.25) is 0 Å². The van der Waals surface area contributed by atoms with Crippen LogP contribution in [0.4, 0.5) is 5.69 Å². The van der Waals surface area contributed by atoms with E-state index >= 15 is 0 Å². The second-order valence-electron chi connectivity index (χ2n) is 5.48. The van der Waals surface area contributed by atoms with Crippen molar-refractivity contribution in [2.24, 2.45) is 0 Å². The Bertz CT molecular complexity index is 697. The van der Waals surface area contributed by atoms with Gasteiger partial charge in [0.15, 0.2) is 6.10 Å². The molecular weight excluding hydrogens is 298 g/mol. The number of halogens is 1. The molecule has 0 radical (unpaired) electrons. The molecule has 2 rings (SSSR count). The Morgan fingerprint density at radius 1 is 1.09 bits per heavy atom. The van der Waals surface area contributed by atoms with Gasteiger partial charge in [0.25, 0.3) is 5.91 Å². The van der Waals surface area contributed by atoms with E-state index in [1.807, 2.05) is 45.0 Å². The zero-order chi connectivity index (χ0) is 16.3. The molecule has 3 nitrogen and oxygen atoms in total. The number of anilines is 1. The molecule has 1 atom stereocenters. The quantitative estimate of drug-likeness (QED) is 0.889. The van der Waals surface area contributed by atoms with Gasteiger partial charge in [0.1, 0.15) is 5.75 Å². The van der Waals surface area contributed by atoms with Crippen LogP contribution in [0.25, 0.3) is 0 Å². The zero-order valence-electron chi connectivity index (χ0n) is 13.2. The Morgan fingerprint density at radius 2 is 1.82 bits per heavy atom. The monoisotopic (exact) mass is 317 g/mol. The van der Waals surface area contributed by atoms with Gasteiger partial charge < -0.3 is 10.1 Å². The van der Waals surface area contributed by atoms with Crippen LogP contribution in [0.2, 0.25) is 5.02 Å². The van der Waals surface area contributed by atoms with Gasteiger partial charge in [-0.1, -0.05) is 23.7 Å². The summed E-state index contributed by atoms with van der Waals surface area (Å²) in [7, 11) is 0. The Morgan fingerprint density at radius 3 is 2.50 bits per heavy atom. The van der Waals surface area contributed by atoms with Crippen LogP contribution in [0, 0.1) is 20.8 Å². The molecule has 0 aromatic heterocycles. The lowest BCUT2D eigenvalue weighted by atomic mass is 10.1. The summed E-state index contributed by atoms with van der Waals surface area (Å²) in [6.07, 6.45) is -0.597. The predicted molar refractivity (Wildman–Crippen MR) is 90.8 cm³/mol. The number of carbonyl (C=O) groups is 1. The lowest BCUT2D eigenvalue weighted by molar-refractivity contribution is -0.122. The fourth-order valence-electron chi connectivity index (χ4n) is 2.09. The molecule has 1 N–H and O–H groups in total. The highest BCUT2D eigenvalue weighted by Crippen LogP contribution is 2.23. The minimum absolute atomic E-state index is 0.178. The van der Waals surface area contributed by atoms with E-state index in [1.165, 1.54) is 0 Å². The van der Waals surface area contributed by atoms with Gasteiger partial charge >= 0.3 is 0 Å². The average Bonchev–Trinajstić information content (AvgIpc) is 2.45. The summed E-state index contributed by atoms with van der Waals surface area (Å²) in [5.41, 5.74) is 3.84. The summed E-state index contributed by atoms with van der Waals surface area (Å²) >= 11 is 5.92. The number of benzene rings is 2. The largest absolute Gasteiger partial charge is 0.481 e. The molecule has 116 valence electrons. The van der Waals surface area contributed by atoms with Gasteiger partial charge in [-0.2, -0.15) is 0 Å². The Kier molecular flexibility index (Phi) is 5.09. The predicted octanol–water partition coefficient (Wildman–Crippen LogP) is 4.67. The molecule has 1 amide bonds. The van der Waals surface area contributed by atoms with Gasteiger partial charge in [-0.05, 0) is 68.7 Å². The van der Waals surface area contributed by atoms with E-state index in [4.69, 9.17) is 16.3 Å². The Hall–Kier alpha value is -2.00. The van der Waals surface area contributed by atoms with Crippen molar-refractivity contribution < 1.29 is 9.53 Å². The van der Waals surface area contributed by atoms with Gasteiger partial charge in [-0.3, -0.25) is 4.79 Å². The molecule has 2 aromatic carbocycles. The summed E-state index contributed by atoms with van der Waals surface area (Å²) in [6, 6.07) is 11.3. The topological polar surface area (TPSA) is 38.3 Å². The van der Waals surface area contributed by atoms with Crippen molar-refractivity contribution in [1.82, 2.24) is 0 Å². The number of hydrogen-bond acceptors (Lipinski definition) is 2. The molecular formula is C18H20ClNO2. The van der Waals surface area contributed by atoms with E-state index in [-0.39, 0.29) is 5.91 Å². The van der Waals surface area contributed by atoms with Crippen LogP contribution in [0.15, 0.2) is 36.4 Å². The summed E-state index contributed by atoms with van der Waals surface area (Å²) in [5.74, 6) is 0.482. The van der Waals surface area contributed by atoms with Crippen LogP contribution in [-0.2, 0) is 4.79 Å². The number of hydrogen-bond donors (Lipinski definition) is 1. The van der Waals surface area contributed by atoms with E-state index in [0.717, 1.165) is 22.4 Å². The molecule has 0 aliphatic carbocycles. The normalized spacial score (nSPS) is 11.9. The fourth-order valence-corrected chi connectivity index (χ4v) is 2.32. The molecule has 4 heteroatoms. The first kappa shape index (κ1) is 16.4. The van der Waals surface area contributed by atoms with E-state index < -0.39 is 6.10 Å². The number of nitrogens with one attached hydrogen (secondary N) is 1. The minimum atomic E-state index is -0.597. The summed E-state index contributed by atoms with van der Waals surface area (Å²) in [4.78, 5) is 12.3. The van der Waals surface area contributed by atoms with Crippen LogP contribution in [-0.4, -0.2) is 12.0 Å². The standard InChI is InChI=1S/C18H20ClNO2/c1-11-5-6-12(2)16(9-11)20-18(21)14(4)22-17-8-7-15(19)10-13(17)3/h5-10,14H,1-4H3,(H,20,21)/t14-/m0/s1. The van der Waals surface area contributed by atoms with E-state index in [0.29, 0.717) is 10.8 Å². The molecule has 0 bridgehead atoms. The second-order valence-corrected chi connectivity index (χ2v) is 5.91. The molecule has 0 unspecified atom stereocenters. The highest BCUT2D eigenvalue weighted by molar-refractivity contribution is 6.30. The van der Waals surface area contributed by atoms with Crippen molar-refractivity contribution in [3.8, 4) is 5.75 Å². The van der Waals surface area contributed by atoms with E-state index in [2.05, 4.69) is 5.32 Å². The van der Waals surface area contributed by atoms with Crippen molar-refractivity contribution in [2.45, 2.75) is 33.8 Å². The number of aryl methyl sites for hydroxylation is 3. The van der Waals surface area contributed by atoms with Crippen molar-refractivity contribution in [3.05, 3.63) is 58.1 Å². The van der Waals surface area contributed by atoms with Gasteiger partial charge in [0.05, 0.1) is 0 Å². The van der Waals surface area contributed by atoms with E-state index in [9.17, 15) is 4.79 Å². The maximum Gasteiger partial charge on any atom is 0.265 e. The SMILES string of the molecule is Cc1ccc(C)c(NC(=O)[C@H](C)Oc2ccc(Cl)cc2C)c1. The molecule has 0 fully saturated rings.